The summed E-state index contributed by atoms with van der Waals surface area (Å²) in [7, 11) is 0. The highest BCUT2D eigenvalue weighted by molar-refractivity contribution is 8.01. The smallest absolute Gasteiger partial charge is 0.244 e. The average molecular weight is 288 g/mol. The van der Waals surface area contributed by atoms with Gasteiger partial charge in [-0.25, -0.2) is 0 Å². The fraction of sp³-hybridized carbons (Fsp3) is 0.833. The third kappa shape index (κ3) is 2.46. The summed E-state index contributed by atoms with van der Waals surface area (Å²) in [6.07, 6.45) is 1.24. The van der Waals surface area contributed by atoms with Crippen molar-refractivity contribution in [2.75, 3.05) is 19.0 Å². The molecule has 0 saturated carbocycles. The van der Waals surface area contributed by atoms with Crippen molar-refractivity contribution in [3.63, 3.8) is 0 Å². The topological polar surface area (TPSA) is 89.9 Å². The lowest BCUT2D eigenvalue weighted by Crippen LogP contribution is -2.58. The molecule has 0 radical (unpaired) electrons. The van der Waals surface area contributed by atoms with Gasteiger partial charge in [0.15, 0.2) is 0 Å². The normalized spacial score (nSPS) is 30.6. The van der Waals surface area contributed by atoms with E-state index in [1.165, 1.54) is 0 Å². The van der Waals surface area contributed by atoms with E-state index in [9.17, 15) is 19.8 Å². The molecule has 2 fully saturated rings. The number of thioether (sulfide) groups is 1. The molecule has 0 aliphatic carbocycles. The van der Waals surface area contributed by atoms with Gasteiger partial charge in [-0.15, -0.1) is 11.8 Å². The number of carbonyl (C=O) groups excluding carboxylic acids is 2. The summed E-state index contributed by atoms with van der Waals surface area (Å²) in [5, 5.41) is 21.1. The summed E-state index contributed by atoms with van der Waals surface area (Å²) >= 11 is 1.62. The zero-order valence-electron chi connectivity index (χ0n) is 11.2. The first-order chi connectivity index (χ1) is 8.85. The number of aliphatic hydroxyl groups excluding tert-OH is 2. The van der Waals surface area contributed by atoms with E-state index in [1.54, 1.807) is 23.6 Å². The van der Waals surface area contributed by atoms with Crippen LogP contribution in [0.1, 0.15) is 26.7 Å². The van der Waals surface area contributed by atoms with E-state index in [0.29, 0.717) is 12.2 Å². The van der Waals surface area contributed by atoms with E-state index < -0.39 is 11.6 Å². The molecule has 0 aromatic heterocycles. The Morgan fingerprint density at radius 3 is 2.79 bits per heavy atom. The molecule has 3 N–H and O–H groups in total. The first-order valence-electron chi connectivity index (χ1n) is 6.35. The monoisotopic (exact) mass is 288 g/mol. The number of amides is 2. The van der Waals surface area contributed by atoms with Crippen LogP contribution in [0.25, 0.3) is 0 Å². The lowest BCUT2D eigenvalue weighted by Gasteiger charge is -2.33. The van der Waals surface area contributed by atoms with Crippen molar-refractivity contribution in [3.8, 4) is 0 Å². The van der Waals surface area contributed by atoms with Crippen molar-refractivity contribution < 1.29 is 19.8 Å². The second-order valence-corrected chi connectivity index (χ2v) is 7.13. The number of hydrogen-bond donors (Lipinski definition) is 3. The van der Waals surface area contributed by atoms with Gasteiger partial charge in [0.2, 0.25) is 11.8 Å². The van der Waals surface area contributed by atoms with Crippen LogP contribution in [-0.2, 0) is 9.59 Å². The van der Waals surface area contributed by atoms with E-state index in [0.717, 1.165) is 6.42 Å². The summed E-state index contributed by atoms with van der Waals surface area (Å²) in [5.41, 5.74) is -1.05. The van der Waals surface area contributed by atoms with E-state index >= 15 is 0 Å². The first kappa shape index (κ1) is 14.6. The molecule has 2 aliphatic heterocycles. The third-order valence-electron chi connectivity index (χ3n) is 3.87. The van der Waals surface area contributed by atoms with Crippen LogP contribution in [0.5, 0.6) is 0 Å². The molecule has 0 aromatic carbocycles. The SMILES string of the molecule is CC(CO)(CO)NC(=O)C1CSC2(C)CCC(=O)N12. The molecule has 2 heterocycles. The van der Waals surface area contributed by atoms with Crippen molar-refractivity contribution in [1.82, 2.24) is 10.2 Å². The molecule has 6 nitrogen and oxygen atoms in total. The van der Waals surface area contributed by atoms with Crippen LogP contribution in [0.2, 0.25) is 0 Å². The van der Waals surface area contributed by atoms with E-state index in [4.69, 9.17) is 0 Å². The summed E-state index contributed by atoms with van der Waals surface area (Å²) < 4.78 is 0. The minimum atomic E-state index is -1.05. The second-order valence-electron chi connectivity index (χ2n) is 5.63. The summed E-state index contributed by atoms with van der Waals surface area (Å²) in [4.78, 5) is 25.6. The number of fused-ring (bicyclic) bond motifs is 1. The molecule has 2 atom stereocenters. The number of carbonyl (C=O) groups is 2. The van der Waals surface area contributed by atoms with Crippen LogP contribution in [0.15, 0.2) is 0 Å². The number of nitrogens with one attached hydrogen (secondary N) is 1. The van der Waals surface area contributed by atoms with Crippen molar-refractivity contribution in [3.05, 3.63) is 0 Å². The summed E-state index contributed by atoms with van der Waals surface area (Å²) in [6, 6.07) is -0.512. The van der Waals surface area contributed by atoms with Gasteiger partial charge in [-0.2, -0.15) is 0 Å². The van der Waals surface area contributed by atoms with Gasteiger partial charge in [-0.05, 0) is 20.3 Å². The molecule has 2 amide bonds. The molecule has 2 rings (SSSR count). The van der Waals surface area contributed by atoms with Gasteiger partial charge in [0.05, 0.1) is 23.6 Å². The first-order valence-corrected chi connectivity index (χ1v) is 7.34. The minimum Gasteiger partial charge on any atom is -0.394 e. The van der Waals surface area contributed by atoms with E-state index in [2.05, 4.69) is 5.32 Å². The number of aliphatic hydroxyl groups is 2. The van der Waals surface area contributed by atoms with Crippen LogP contribution in [-0.4, -0.2) is 62.3 Å². The highest BCUT2D eigenvalue weighted by Crippen LogP contribution is 2.47. The third-order valence-corrected chi connectivity index (χ3v) is 5.38. The molecule has 108 valence electrons. The quantitative estimate of drug-likeness (QED) is 0.636. The Labute approximate surface area is 116 Å². The molecule has 0 spiro atoms. The van der Waals surface area contributed by atoms with Crippen molar-refractivity contribution in [2.45, 2.75) is 43.1 Å². The maximum atomic E-state index is 12.3. The van der Waals surface area contributed by atoms with Crippen molar-refractivity contribution >= 4 is 23.6 Å². The highest BCUT2D eigenvalue weighted by Gasteiger charge is 2.53. The van der Waals surface area contributed by atoms with Gasteiger partial charge in [0.25, 0.3) is 0 Å². The van der Waals surface area contributed by atoms with Crippen molar-refractivity contribution in [1.29, 1.82) is 0 Å². The summed E-state index contributed by atoms with van der Waals surface area (Å²) in [5.74, 6) is 0.250. The molecule has 19 heavy (non-hydrogen) atoms. The van der Waals surface area contributed by atoms with Gasteiger partial charge in [0.1, 0.15) is 6.04 Å². The standard InChI is InChI=1S/C12H20N2O4S/c1-11(6-15,7-16)13-10(18)8-5-19-12(2)4-3-9(17)14(8)12/h8,15-16H,3-7H2,1-2H3,(H,13,18). The second kappa shape index (κ2) is 4.96. The van der Waals surface area contributed by atoms with Crippen LogP contribution in [0.3, 0.4) is 0 Å². The van der Waals surface area contributed by atoms with E-state index in [1.807, 2.05) is 6.92 Å². The fourth-order valence-electron chi connectivity index (χ4n) is 2.52. The largest absolute Gasteiger partial charge is 0.394 e. The maximum absolute atomic E-state index is 12.3. The van der Waals surface area contributed by atoms with Gasteiger partial charge in [-0.1, -0.05) is 0 Å². The minimum absolute atomic E-state index is 0.00218. The van der Waals surface area contributed by atoms with Crippen LogP contribution < -0.4 is 5.32 Å². The molecule has 2 saturated heterocycles. The lowest BCUT2D eigenvalue weighted by molar-refractivity contribution is -0.139. The fourth-order valence-corrected chi connectivity index (χ4v) is 3.96. The van der Waals surface area contributed by atoms with Crippen molar-refractivity contribution in [2.24, 2.45) is 0 Å². The van der Waals surface area contributed by atoms with Gasteiger partial charge < -0.3 is 20.4 Å². The molecular formula is C12H20N2O4S. The average Bonchev–Trinajstić information content (AvgIpc) is 2.87. The lowest BCUT2D eigenvalue weighted by atomic mass is 10.0. The Morgan fingerprint density at radius 2 is 2.21 bits per heavy atom. The summed E-state index contributed by atoms with van der Waals surface area (Å²) in [6.45, 7) is 2.85. The number of hydrogen-bond acceptors (Lipinski definition) is 5. The Bertz CT molecular complexity index is 399. The zero-order valence-corrected chi connectivity index (χ0v) is 12.0. The van der Waals surface area contributed by atoms with E-state index in [-0.39, 0.29) is 29.9 Å². The molecule has 0 bridgehead atoms. The van der Waals surface area contributed by atoms with Gasteiger partial charge in [-0.3, -0.25) is 9.59 Å². The molecule has 2 unspecified atom stereocenters. The maximum Gasteiger partial charge on any atom is 0.244 e. The molecule has 0 aromatic rings. The Hall–Kier alpha value is -0.790. The number of rotatable bonds is 4. The molecular weight excluding hydrogens is 268 g/mol. The zero-order chi connectivity index (χ0) is 14.3. The highest BCUT2D eigenvalue weighted by atomic mass is 32.2. The van der Waals surface area contributed by atoms with Gasteiger partial charge >= 0.3 is 0 Å². The predicted molar refractivity (Wildman–Crippen MR) is 71.5 cm³/mol. The predicted octanol–water partition coefficient (Wildman–Crippen LogP) is -0.700. The Kier molecular flexibility index (Phi) is 3.81. The number of nitrogens with zero attached hydrogens (tertiary/aromatic N) is 1. The van der Waals surface area contributed by atoms with Crippen LogP contribution in [0, 0.1) is 0 Å². The Morgan fingerprint density at radius 1 is 1.58 bits per heavy atom. The molecule has 2 aliphatic rings. The Balaban J connectivity index is 2.11. The van der Waals surface area contributed by atoms with Gasteiger partial charge in [0, 0.05) is 12.2 Å². The molecule has 7 heteroatoms. The van der Waals surface area contributed by atoms with Crippen LogP contribution in [0.4, 0.5) is 0 Å². The van der Waals surface area contributed by atoms with Crippen LogP contribution >= 0.6 is 11.8 Å².